The Morgan fingerprint density at radius 3 is 2.73 bits per heavy atom. The van der Waals surface area contributed by atoms with Crippen molar-refractivity contribution in [1.29, 1.82) is 0 Å². The molecule has 0 aromatic heterocycles. The Labute approximate surface area is 66.5 Å². The minimum Gasteiger partial charge on any atom is -0.504 e. The molecule has 0 aliphatic rings. The molecule has 3 heteroatoms. The minimum absolute atomic E-state index is 0.0412. The van der Waals surface area contributed by atoms with Crippen LogP contribution in [0.5, 0.6) is 11.5 Å². The van der Waals surface area contributed by atoms with Gasteiger partial charge in [-0.3, -0.25) is 0 Å². The van der Waals surface area contributed by atoms with Crippen LogP contribution in [0.15, 0.2) is 18.2 Å². The molecule has 0 saturated carbocycles. The number of hydrogen-bond acceptors (Lipinski definition) is 3. The molecule has 1 aromatic rings. The predicted octanol–water partition coefficient (Wildman–Crippen LogP) is 0.599. The van der Waals surface area contributed by atoms with Crippen LogP contribution in [0.4, 0.5) is 0 Å². The van der Waals surface area contributed by atoms with Crippen LogP contribution >= 0.6 is 0 Å². The molecule has 60 valence electrons. The van der Waals surface area contributed by atoms with Gasteiger partial charge in [0, 0.05) is 0 Å². The van der Waals surface area contributed by atoms with Crippen LogP contribution < -0.4 is 5.73 Å². The van der Waals surface area contributed by atoms with Gasteiger partial charge in [0.15, 0.2) is 11.5 Å². The molecular weight excluding hydrogens is 142 g/mol. The Hall–Kier alpha value is -1.22. The average molecular weight is 154 g/mol. The molecule has 11 heavy (non-hydrogen) atoms. The molecule has 3 nitrogen and oxygen atoms in total. The molecule has 1 aromatic carbocycles. The van der Waals surface area contributed by atoms with Gasteiger partial charge in [-0.15, -0.1) is 0 Å². The Balaban J connectivity index is 3.08. The van der Waals surface area contributed by atoms with E-state index in [-0.39, 0.29) is 17.5 Å². The van der Waals surface area contributed by atoms with Gasteiger partial charge >= 0.3 is 0 Å². The fourth-order valence-corrected chi connectivity index (χ4v) is 0.818. The standard InChI is InChI=1S/C8H11NO2/c9-4-3-6-1-2-7(10)8(11)5-6/h1-2,5,10-11H,3-4,9H2/i5D. The van der Waals surface area contributed by atoms with Gasteiger partial charge in [-0.25, -0.2) is 0 Å². The molecule has 0 aliphatic heterocycles. The van der Waals surface area contributed by atoms with Crippen LogP contribution in [-0.4, -0.2) is 16.8 Å². The second kappa shape index (κ2) is 3.25. The topological polar surface area (TPSA) is 66.5 Å². The van der Waals surface area contributed by atoms with Gasteiger partial charge < -0.3 is 15.9 Å². The zero-order valence-corrected chi connectivity index (χ0v) is 6.04. The number of aromatic hydroxyl groups is 2. The number of benzene rings is 1. The molecule has 0 heterocycles. The van der Waals surface area contributed by atoms with Crippen molar-refractivity contribution in [1.82, 2.24) is 0 Å². The third-order valence-electron chi connectivity index (χ3n) is 1.38. The lowest BCUT2D eigenvalue weighted by Crippen LogP contribution is -2.02. The van der Waals surface area contributed by atoms with Gasteiger partial charge in [0.1, 0.15) is 0 Å². The summed E-state index contributed by atoms with van der Waals surface area (Å²) in [6, 6.07) is 2.91. The van der Waals surface area contributed by atoms with E-state index in [0.717, 1.165) is 0 Å². The van der Waals surface area contributed by atoms with Gasteiger partial charge in [-0.05, 0) is 30.6 Å². The first-order valence-corrected chi connectivity index (χ1v) is 3.37. The number of phenolic OH excluding ortho intramolecular Hbond substituents is 2. The summed E-state index contributed by atoms with van der Waals surface area (Å²) in [6.07, 6.45) is 0.534. The molecule has 0 saturated heterocycles. The fourth-order valence-electron chi connectivity index (χ4n) is 0.818. The van der Waals surface area contributed by atoms with E-state index in [1.54, 1.807) is 6.07 Å². The van der Waals surface area contributed by atoms with E-state index in [2.05, 4.69) is 0 Å². The summed E-state index contributed by atoms with van der Waals surface area (Å²) in [5.74, 6) is -0.637. The average Bonchev–Trinajstić information content (AvgIpc) is 2.07. The molecule has 0 spiro atoms. The second-order valence-corrected chi connectivity index (χ2v) is 2.26. The normalized spacial score (nSPS) is 11.2. The van der Waals surface area contributed by atoms with Crippen molar-refractivity contribution in [2.75, 3.05) is 6.54 Å². The van der Waals surface area contributed by atoms with E-state index in [1.165, 1.54) is 6.07 Å². The Morgan fingerprint density at radius 1 is 1.36 bits per heavy atom. The van der Waals surface area contributed by atoms with Crippen molar-refractivity contribution in [3.63, 3.8) is 0 Å². The van der Waals surface area contributed by atoms with Crippen molar-refractivity contribution in [3.05, 3.63) is 23.7 Å². The second-order valence-electron chi connectivity index (χ2n) is 2.26. The summed E-state index contributed by atoms with van der Waals surface area (Å²) < 4.78 is 7.37. The highest BCUT2D eigenvalue weighted by Gasteiger charge is 1.98. The fraction of sp³-hybridized carbons (Fsp3) is 0.250. The van der Waals surface area contributed by atoms with E-state index < -0.39 is 0 Å². The Bertz CT molecular complexity index is 289. The highest BCUT2D eigenvalue weighted by atomic mass is 16.3. The predicted molar refractivity (Wildman–Crippen MR) is 42.5 cm³/mol. The number of nitrogens with two attached hydrogens (primary N) is 1. The SMILES string of the molecule is [2H]c1c(CCN)ccc(O)c1O. The summed E-state index contributed by atoms with van der Waals surface area (Å²) in [5.41, 5.74) is 5.94. The maximum atomic E-state index is 9.14. The summed E-state index contributed by atoms with van der Waals surface area (Å²) in [5, 5.41) is 18.1. The third kappa shape index (κ3) is 1.85. The molecular formula is C8H11NO2. The first-order valence-electron chi connectivity index (χ1n) is 3.87. The van der Waals surface area contributed by atoms with Gasteiger partial charge in [-0.2, -0.15) is 0 Å². The lowest BCUT2D eigenvalue weighted by atomic mass is 10.1. The minimum atomic E-state index is -0.374. The quantitative estimate of drug-likeness (QED) is 0.546. The molecule has 0 radical (unpaired) electrons. The van der Waals surface area contributed by atoms with E-state index in [4.69, 9.17) is 17.3 Å². The van der Waals surface area contributed by atoms with Crippen molar-refractivity contribution < 1.29 is 11.6 Å². The van der Waals surface area contributed by atoms with E-state index in [1.807, 2.05) is 0 Å². The van der Waals surface area contributed by atoms with Crippen LogP contribution in [0.25, 0.3) is 0 Å². The largest absolute Gasteiger partial charge is 0.504 e. The van der Waals surface area contributed by atoms with Crippen LogP contribution in [0.3, 0.4) is 0 Å². The first kappa shape index (κ1) is 6.49. The Morgan fingerprint density at radius 2 is 2.09 bits per heavy atom. The van der Waals surface area contributed by atoms with Gasteiger partial charge in [0.05, 0.1) is 1.37 Å². The highest BCUT2D eigenvalue weighted by Crippen LogP contribution is 2.24. The first-order chi connectivity index (χ1) is 5.66. The summed E-state index contributed by atoms with van der Waals surface area (Å²) in [6.45, 7) is 0.427. The lowest BCUT2D eigenvalue weighted by Gasteiger charge is -2.00. The number of phenols is 2. The van der Waals surface area contributed by atoms with Crippen molar-refractivity contribution >= 4 is 0 Å². The summed E-state index contributed by atoms with van der Waals surface area (Å²) in [7, 11) is 0. The van der Waals surface area contributed by atoms with E-state index in [0.29, 0.717) is 18.5 Å². The monoisotopic (exact) mass is 154 g/mol. The third-order valence-corrected chi connectivity index (χ3v) is 1.38. The van der Waals surface area contributed by atoms with Crippen LogP contribution in [0.1, 0.15) is 6.93 Å². The van der Waals surface area contributed by atoms with Crippen LogP contribution in [0.2, 0.25) is 0 Å². The number of hydrogen-bond donors (Lipinski definition) is 3. The van der Waals surface area contributed by atoms with Crippen molar-refractivity contribution in [2.24, 2.45) is 5.73 Å². The van der Waals surface area contributed by atoms with Gasteiger partial charge in [-0.1, -0.05) is 6.07 Å². The van der Waals surface area contributed by atoms with Crippen LogP contribution in [0, 0.1) is 0 Å². The smallest absolute Gasteiger partial charge is 0.157 e. The number of rotatable bonds is 2. The maximum Gasteiger partial charge on any atom is 0.157 e. The molecule has 0 atom stereocenters. The summed E-state index contributed by atoms with van der Waals surface area (Å²) >= 11 is 0. The van der Waals surface area contributed by atoms with Gasteiger partial charge in [0.2, 0.25) is 0 Å². The zero-order valence-electron chi connectivity index (χ0n) is 7.04. The molecule has 0 unspecified atom stereocenters. The van der Waals surface area contributed by atoms with Crippen molar-refractivity contribution in [3.8, 4) is 11.5 Å². The Kier molecular flexibility index (Phi) is 1.92. The molecule has 4 N–H and O–H groups in total. The van der Waals surface area contributed by atoms with Crippen LogP contribution in [-0.2, 0) is 6.42 Å². The lowest BCUT2D eigenvalue weighted by molar-refractivity contribution is 0.403. The maximum absolute atomic E-state index is 9.14. The van der Waals surface area contributed by atoms with E-state index in [9.17, 15) is 0 Å². The molecule has 1 rings (SSSR count). The van der Waals surface area contributed by atoms with Crippen molar-refractivity contribution in [2.45, 2.75) is 6.42 Å². The molecule has 0 amide bonds. The summed E-state index contributed by atoms with van der Waals surface area (Å²) in [4.78, 5) is 0. The molecule has 0 aliphatic carbocycles. The molecule has 0 bridgehead atoms. The van der Waals surface area contributed by atoms with Gasteiger partial charge in [0.25, 0.3) is 0 Å². The van der Waals surface area contributed by atoms with E-state index >= 15 is 0 Å². The zero-order chi connectivity index (χ0) is 9.14. The molecule has 0 fully saturated rings. The highest BCUT2D eigenvalue weighted by molar-refractivity contribution is 5.40.